The fraction of sp³-hybridized carbons (Fsp3) is 0.500. The lowest BCUT2D eigenvalue weighted by Gasteiger charge is -2.12. The molecular formula is C14H23ClN2O2. The Labute approximate surface area is 121 Å². The van der Waals surface area contributed by atoms with E-state index in [1.54, 1.807) is 6.92 Å². The summed E-state index contributed by atoms with van der Waals surface area (Å²) in [6, 6.07) is 7.40. The number of nitrogens with one attached hydrogen (secondary N) is 1. The summed E-state index contributed by atoms with van der Waals surface area (Å²) < 4.78 is 5.60. The average Bonchev–Trinajstić information content (AvgIpc) is 2.35. The quantitative estimate of drug-likeness (QED) is 0.845. The SMILES string of the molecule is CC(C)COc1cccc(NC(=O)C(C)CN)c1.Cl. The predicted molar refractivity (Wildman–Crippen MR) is 80.9 cm³/mol. The van der Waals surface area contributed by atoms with Crippen LogP contribution in [0.5, 0.6) is 5.75 Å². The van der Waals surface area contributed by atoms with Crippen LogP contribution < -0.4 is 15.8 Å². The number of amides is 1. The Morgan fingerprint density at radius 1 is 1.37 bits per heavy atom. The molecular weight excluding hydrogens is 264 g/mol. The maximum Gasteiger partial charge on any atom is 0.228 e. The van der Waals surface area contributed by atoms with Gasteiger partial charge in [0.05, 0.1) is 6.61 Å². The lowest BCUT2D eigenvalue weighted by atomic mass is 10.1. The molecule has 5 heteroatoms. The minimum Gasteiger partial charge on any atom is -0.493 e. The van der Waals surface area contributed by atoms with Crippen molar-refractivity contribution in [2.45, 2.75) is 20.8 Å². The van der Waals surface area contributed by atoms with Gasteiger partial charge >= 0.3 is 0 Å². The number of rotatable bonds is 6. The second-order valence-corrected chi connectivity index (χ2v) is 4.86. The molecule has 1 unspecified atom stereocenters. The molecule has 0 spiro atoms. The normalized spacial score (nSPS) is 11.6. The zero-order valence-corrected chi connectivity index (χ0v) is 12.5. The second-order valence-electron chi connectivity index (χ2n) is 4.86. The Balaban J connectivity index is 0.00000324. The molecule has 0 aromatic heterocycles. The Morgan fingerprint density at radius 3 is 2.63 bits per heavy atom. The van der Waals surface area contributed by atoms with Gasteiger partial charge in [-0.15, -0.1) is 12.4 Å². The highest BCUT2D eigenvalue weighted by atomic mass is 35.5. The number of ether oxygens (including phenoxy) is 1. The van der Waals surface area contributed by atoms with Crippen LogP contribution in [0.3, 0.4) is 0 Å². The summed E-state index contributed by atoms with van der Waals surface area (Å²) in [4.78, 5) is 11.7. The van der Waals surface area contributed by atoms with Gasteiger partial charge in [-0.3, -0.25) is 4.79 Å². The van der Waals surface area contributed by atoms with Gasteiger partial charge in [-0.25, -0.2) is 0 Å². The number of carbonyl (C=O) groups excluding carboxylic acids is 1. The summed E-state index contributed by atoms with van der Waals surface area (Å²) in [5.74, 6) is 0.978. The molecule has 1 atom stereocenters. The molecule has 0 fully saturated rings. The molecule has 0 radical (unpaired) electrons. The number of halogens is 1. The van der Waals surface area contributed by atoms with Gasteiger partial charge in [0.25, 0.3) is 0 Å². The largest absolute Gasteiger partial charge is 0.493 e. The number of hydrogen-bond donors (Lipinski definition) is 2. The lowest BCUT2D eigenvalue weighted by Crippen LogP contribution is -2.26. The van der Waals surface area contributed by atoms with Crippen molar-refractivity contribution in [3.63, 3.8) is 0 Å². The van der Waals surface area contributed by atoms with Crippen molar-refractivity contribution in [3.05, 3.63) is 24.3 Å². The standard InChI is InChI=1S/C14H22N2O2.ClH/c1-10(2)9-18-13-6-4-5-12(7-13)16-14(17)11(3)8-15;/h4-7,10-11H,8-9,15H2,1-3H3,(H,16,17);1H. The molecule has 1 amide bonds. The predicted octanol–water partition coefficient (Wildman–Crippen LogP) is 2.68. The van der Waals surface area contributed by atoms with E-state index in [1.807, 2.05) is 24.3 Å². The summed E-state index contributed by atoms with van der Waals surface area (Å²) >= 11 is 0. The third-order valence-electron chi connectivity index (χ3n) is 2.49. The van der Waals surface area contributed by atoms with Crippen molar-refractivity contribution >= 4 is 24.0 Å². The van der Waals surface area contributed by atoms with Crippen molar-refractivity contribution in [3.8, 4) is 5.75 Å². The topological polar surface area (TPSA) is 64.3 Å². The molecule has 19 heavy (non-hydrogen) atoms. The minimum absolute atomic E-state index is 0. The van der Waals surface area contributed by atoms with Crippen molar-refractivity contribution < 1.29 is 9.53 Å². The van der Waals surface area contributed by atoms with Crippen molar-refractivity contribution in [1.29, 1.82) is 0 Å². The summed E-state index contributed by atoms with van der Waals surface area (Å²) in [5.41, 5.74) is 6.19. The van der Waals surface area contributed by atoms with Crippen LogP contribution >= 0.6 is 12.4 Å². The molecule has 1 aromatic rings. The summed E-state index contributed by atoms with van der Waals surface area (Å²) in [7, 11) is 0. The zero-order chi connectivity index (χ0) is 13.5. The maximum absolute atomic E-state index is 11.7. The van der Waals surface area contributed by atoms with E-state index in [1.165, 1.54) is 0 Å². The molecule has 0 aliphatic rings. The summed E-state index contributed by atoms with van der Waals surface area (Å²) in [6.45, 7) is 6.99. The van der Waals surface area contributed by atoms with Gasteiger partial charge in [0.2, 0.25) is 5.91 Å². The average molecular weight is 287 g/mol. The first-order valence-corrected chi connectivity index (χ1v) is 6.26. The molecule has 0 aliphatic heterocycles. The zero-order valence-electron chi connectivity index (χ0n) is 11.7. The highest BCUT2D eigenvalue weighted by Crippen LogP contribution is 2.18. The van der Waals surface area contributed by atoms with Crippen LogP contribution in [-0.4, -0.2) is 19.1 Å². The third-order valence-corrected chi connectivity index (χ3v) is 2.49. The van der Waals surface area contributed by atoms with E-state index in [9.17, 15) is 4.79 Å². The number of anilines is 1. The van der Waals surface area contributed by atoms with E-state index in [0.717, 1.165) is 11.4 Å². The van der Waals surface area contributed by atoms with Gasteiger partial charge in [0.1, 0.15) is 5.75 Å². The van der Waals surface area contributed by atoms with Gasteiger partial charge in [0, 0.05) is 24.2 Å². The van der Waals surface area contributed by atoms with Crippen molar-refractivity contribution in [2.24, 2.45) is 17.6 Å². The fourth-order valence-electron chi connectivity index (χ4n) is 1.30. The van der Waals surface area contributed by atoms with Gasteiger partial charge in [-0.1, -0.05) is 26.8 Å². The van der Waals surface area contributed by atoms with E-state index in [4.69, 9.17) is 10.5 Å². The van der Waals surface area contributed by atoms with Gasteiger partial charge in [0.15, 0.2) is 0 Å². The number of nitrogens with two attached hydrogens (primary N) is 1. The molecule has 0 saturated carbocycles. The third kappa shape index (κ3) is 6.45. The monoisotopic (exact) mass is 286 g/mol. The smallest absolute Gasteiger partial charge is 0.228 e. The van der Waals surface area contributed by atoms with Crippen LogP contribution in [0.25, 0.3) is 0 Å². The molecule has 1 rings (SSSR count). The Hall–Kier alpha value is -1.26. The molecule has 0 aliphatic carbocycles. The van der Waals surface area contributed by atoms with Crippen LogP contribution in [0.4, 0.5) is 5.69 Å². The van der Waals surface area contributed by atoms with E-state index >= 15 is 0 Å². The van der Waals surface area contributed by atoms with E-state index in [0.29, 0.717) is 19.1 Å². The van der Waals surface area contributed by atoms with Crippen LogP contribution in [0.15, 0.2) is 24.3 Å². The fourth-order valence-corrected chi connectivity index (χ4v) is 1.30. The van der Waals surface area contributed by atoms with Crippen LogP contribution in [0, 0.1) is 11.8 Å². The van der Waals surface area contributed by atoms with Crippen LogP contribution in [-0.2, 0) is 4.79 Å². The molecule has 0 heterocycles. The highest BCUT2D eigenvalue weighted by Gasteiger charge is 2.10. The van der Waals surface area contributed by atoms with E-state index in [-0.39, 0.29) is 24.2 Å². The Morgan fingerprint density at radius 2 is 2.05 bits per heavy atom. The summed E-state index contributed by atoms with van der Waals surface area (Å²) in [5, 5.41) is 2.82. The summed E-state index contributed by atoms with van der Waals surface area (Å²) in [6.07, 6.45) is 0. The Kier molecular flexibility index (Phi) is 8.19. The molecule has 3 N–H and O–H groups in total. The van der Waals surface area contributed by atoms with Crippen LogP contribution in [0.2, 0.25) is 0 Å². The Bertz CT molecular complexity index is 397. The van der Waals surface area contributed by atoms with Crippen LogP contribution in [0.1, 0.15) is 20.8 Å². The highest BCUT2D eigenvalue weighted by molar-refractivity contribution is 5.92. The van der Waals surface area contributed by atoms with Gasteiger partial charge < -0.3 is 15.8 Å². The van der Waals surface area contributed by atoms with E-state index in [2.05, 4.69) is 19.2 Å². The molecule has 4 nitrogen and oxygen atoms in total. The molecule has 108 valence electrons. The molecule has 1 aromatic carbocycles. The molecule has 0 saturated heterocycles. The first kappa shape index (κ1) is 17.7. The van der Waals surface area contributed by atoms with Crippen molar-refractivity contribution in [2.75, 3.05) is 18.5 Å². The van der Waals surface area contributed by atoms with Gasteiger partial charge in [-0.05, 0) is 18.1 Å². The minimum atomic E-state index is -0.190. The number of carbonyl (C=O) groups is 1. The number of hydrogen-bond acceptors (Lipinski definition) is 3. The second kappa shape index (κ2) is 8.77. The maximum atomic E-state index is 11.7. The lowest BCUT2D eigenvalue weighted by molar-refractivity contribution is -0.119. The molecule has 0 bridgehead atoms. The number of benzene rings is 1. The first-order valence-electron chi connectivity index (χ1n) is 6.26. The van der Waals surface area contributed by atoms with E-state index < -0.39 is 0 Å². The van der Waals surface area contributed by atoms with Gasteiger partial charge in [-0.2, -0.15) is 0 Å². The first-order chi connectivity index (χ1) is 8.52. The van der Waals surface area contributed by atoms with Crippen molar-refractivity contribution in [1.82, 2.24) is 0 Å².